The van der Waals surface area contributed by atoms with E-state index in [0.717, 1.165) is 34.8 Å². The number of nitrogens with zero attached hydrogens (tertiary/aromatic N) is 2. The van der Waals surface area contributed by atoms with Gasteiger partial charge in [-0.15, -0.1) is 11.3 Å². The summed E-state index contributed by atoms with van der Waals surface area (Å²) in [5, 5.41) is 8.87. The molecule has 4 rings (SSSR count). The Morgan fingerprint density at radius 3 is 2.78 bits per heavy atom. The van der Waals surface area contributed by atoms with Crippen molar-refractivity contribution in [2.75, 3.05) is 16.9 Å². The molecule has 2 aromatic rings. The van der Waals surface area contributed by atoms with E-state index in [9.17, 15) is 4.79 Å². The molecule has 1 saturated carbocycles. The Labute approximate surface area is 138 Å². The second kappa shape index (κ2) is 5.58. The highest BCUT2D eigenvalue weighted by Crippen LogP contribution is 2.36. The van der Waals surface area contributed by atoms with E-state index >= 15 is 0 Å². The van der Waals surface area contributed by atoms with E-state index in [4.69, 9.17) is 5.73 Å². The van der Waals surface area contributed by atoms with Crippen LogP contribution >= 0.6 is 11.3 Å². The van der Waals surface area contributed by atoms with Gasteiger partial charge in [0, 0.05) is 17.4 Å². The number of nitrogens with two attached hydrogens (primary N) is 1. The number of amidine groups is 1. The molecule has 2 aliphatic rings. The molecule has 2 heterocycles. The lowest BCUT2D eigenvalue weighted by Gasteiger charge is -2.26. The van der Waals surface area contributed by atoms with Gasteiger partial charge >= 0.3 is 6.03 Å². The predicted octanol–water partition coefficient (Wildman–Crippen LogP) is 2.85. The second-order valence-electron chi connectivity index (χ2n) is 5.67. The van der Waals surface area contributed by atoms with Crippen LogP contribution in [0.3, 0.4) is 0 Å². The Morgan fingerprint density at radius 2 is 2.04 bits per heavy atom. The third kappa shape index (κ3) is 2.87. The molecule has 0 saturated heterocycles. The molecule has 7 heteroatoms. The minimum Gasteiger partial charge on any atom is -0.383 e. The minimum absolute atomic E-state index is 0.142. The summed E-state index contributed by atoms with van der Waals surface area (Å²) in [7, 11) is 0. The molecule has 1 aliphatic carbocycles. The first-order valence-electron chi connectivity index (χ1n) is 7.53. The summed E-state index contributed by atoms with van der Waals surface area (Å²) >= 11 is 1.65. The maximum atomic E-state index is 11.8. The fourth-order valence-corrected chi connectivity index (χ4v) is 3.43. The van der Waals surface area contributed by atoms with Crippen LogP contribution < -0.4 is 21.3 Å². The summed E-state index contributed by atoms with van der Waals surface area (Å²) < 4.78 is 0. The summed E-state index contributed by atoms with van der Waals surface area (Å²) in [6.07, 6.45) is 2.15. The van der Waals surface area contributed by atoms with Gasteiger partial charge in [0.05, 0.1) is 5.56 Å². The van der Waals surface area contributed by atoms with Gasteiger partial charge in [0.1, 0.15) is 17.5 Å². The number of carbonyl (C=O) groups is 1. The van der Waals surface area contributed by atoms with Gasteiger partial charge in [-0.25, -0.2) is 9.79 Å². The number of rotatable bonds is 3. The molecule has 0 bridgehead atoms. The molecule has 1 aliphatic heterocycles. The summed E-state index contributed by atoms with van der Waals surface area (Å²) in [6.45, 7) is 0.508. The number of carbonyl (C=O) groups excluding carboxylic acids is 1. The van der Waals surface area contributed by atoms with Crippen molar-refractivity contribution in [3.05, 3.63) is 41.3 Å². The number of urea groups is 1. The number of thiophene rings is 1. The SMILES string of the molecule is NC1=NCN(c2ccc(NC(=O)NC3CC3)cc2)c2sccc21. The topological polar surface area (TPSA) is 82.8 Å². The Bertz CT molecular complexity index is 763. The summed E-state index contributed by atoms with van der Waals surface area (Å²) in [5.74, 6) is 0.590. The molecule has 6 nitrogen and oxygen atoms in total. The van der Waals surface area contributed by atoms with Gasteiger partial charge in [-0.1, -0.05) is 0 Å². The van der Waals surface area contributed by atoms with Crippen molar-refractivity contribution in [3.8, 4) is 0 Å². The number of benzene rings is 1. The third-order valence-electron chi connectivity index (χ3n) is 3.90. The lowest BCUT2D eigenvalue weighted by Crippen LogP contribution is -2.30. The maximum Gasteiger partial charge on any atom is 0.319 e. The summed E-state index contributed by atoms with van der Waals surface area (Å²) in [4.78, 5) is 18.2. The van der Waals surface area contributed by atoms with Crippen molar-refractivity contribution in [1.29, 1.82) is 0 Å². The van der Waals surface area contributed by atoms with Gasteiger partial charge in [-0.2, -0.15) is 0 Å². The number of aliphatic imine (C=N–C) groups is 1. The molecular formula is C16H17N5OS. The molecule has 23 heavy (non-hydrogen) atoms. The Balaban J connectivity index is 1.49. The van der Waals surface area contributed by atoms with Crippen molar-refractivity contribution in [2.24, 2.45) is 10.7 Å². The fraction of sp³-hybridized carbons (Fsp3) is 0.250. The number of fused-ring (bicyclic) bond motifs is 1. The molecule has 2 amide bonds. The molecule has 0 radical (unpaired) electrons. The van der Waals surface area contributed by atoms with E-state index in [0.29, 0.717) is 18.5 Å². The van der Waals surface area contributed by atoms with Gasteiger partial charge in [-0.05, 0) is 48.6 Å². The predicted molar refractivity (Wildman–Crippen MR) is 93.7 cm³/mol. The zero-order chi connectivity index (χ0) is 15.8. The highest BCUT2D eigenvalue weighted by atomic mass is 32.1. The molecule has 1 fully saturated rings. The standard InChI is InChI=1S/C16H17N5OS/c17-14-13-7-8-23-15(13)21(9-18-14)12-5-3-11(4-6-12)20-16(22)19-10-1-2-10/h3-8,10H,1-2,9H2,(H2,17,18)(H2,19,20,22). The largest absolute Gasteiger partial charge is 0.383 e. The Morgan fingerprint density at radius 1 is 1.26 bits per heavy atom. The monoisotopic (exact) mass is 327 g/mol. The number of hydrogen-bond donors (Lipinski definition) is 3. The van der Waals surface area contributed by atoms with Crippen LogP contribution in [0, 0.1) is 0 Å². The molecule has 1 aromatic carbocycles. The molecule has 0 atom stereocenters. The van der Waals surface area contributed by atoms with Gasteiger partial charge in [-0.3, -0.25) is 0 Å². The zero-order valence-corrected chi connectivity index (χ0v) is 13.3. The second-order valence-corrected chi connectivity index (χ2v) is 6.57. The quantitative estimate of drug-likeness (QED) is 0.810. The smallest absolute Gasteiger partial charge is 0.319 e. The highest BCUT2D eigenvalue weighted by molar-refractivity contribution is 7.14. The highest BCUT2D eigenvalue weighted by Gasteiger charge is 2.23. The van der Waals surface area contributed by atoms with Gasteiger partial charge in [0.25, 0.3) is 0 Å². The maximum absolute atomic E-state index is 11.8. The van der Waals surface area contributed by atoms with Crippen LogP contribution in [0.15, 0.2) is 40.7 Å². The Kier molecular flexibility index (Phi) is 3.42. The fourth-order valence-electron chi connectivity index (χ4n) is 2.51. The van der Waals surface area contributed by atoms with Crippen molar-refractivity contribution < 1.29 is 4.79 Å². The van der Waals surface area contributed by atoms with Crippen LogP contribution in [0.1, 0.15) is 18.4 Å². The van der Waals surface area contributed by atoms with E-state index in [1.165, 1.54) is 0 Å². The van der Waals surface area contributed by atoms with Crippen LogP contribution in [0.2, 0.25) is 0 Å². The first-order valence-corrected chi connectivity index (χ1v) is 8.41. The van der Waals surface area contributed by atoms with E-state index in [1.807, 2.05) is 35.7 Å². The van der Waals surface area contributed by atoms with Crippen LogP contribution in [0.25, 0.3) is 0 Å². The minimum atomic E-state index is -0.142. The number of nitrogens with one attached hydrogen (secondary N) is 2. The Hall–Kier alpha value is -2.54. The summed E-state index contributed by atoms with van der Waals surface area (Å²) in [6, 6.07) is 9.95. The molecule has 118 valence electrons. The van der Waals surface area contributed by atoms with Crippen molar-refractivity contribution in [2.45, 2.75) is 18.9 Å². The average molecular weight is 327 g/mol. The summed E-state index contributed by atoms with van der Waals surface area (Å²) in [5.41, 5.74) is 8.71. The first-order chi connectivity index (χ1) is 11.2. The van der Waals surface area contributed by atoms with Crippen molar-refractivity contribution in [3.63, 3.8) is 0 Å². The molecule has 4 N–H and O–H groups in total. The van der Waals surface area contributed by atoms with E-state index in [2.05, 4.69) is 20.5 Å². The van der Waals surface area contributed by atoms with Crippen LogP contribution in [-0.2, 0) is 0 Å². The van der Waals surface area contributed by atoms with E-state index < -0.39 is 0 Å². The first kappa shape index (κ1) is 14.1. The zero-order valence-electron chi connectivity index (χ0n) is 12.5. The third-order valence-corrected chi connectivity index (χ3v) is 4.83. The molecule has 0 unspecified atom stereocenters. The van der Waals surface area contributed by atoms with E-state index in [1.54, 1.807) is 11.3 Å². The number of amides is 2. The average Bonchev–Trinajstić information content (AvgIpc) is 3.21. The van der Waals surface area contributed by atoms with E-state index in [-0.39, 0.29) is 6.03 Å². The lowest BCUT2D eigenvalue weighted by atomic mass is 10.2. The van der Waals surface area contributed by atoms with Crippen LogP contribution in [0.4, 0.5) is 21.2 Å². The van der Waals surface area contributed by atoms with Crippen LogP contribution in [-0.4, -0.2) is 24.6 Å². The van der Waals surface area contributed by atoms with Gasteiger partial charge < -0.3 is 21.3 Å². The van der Waals surface area contributed by atoms with Crippen molar-refractivity contribution in [1.82, 2.24) is 5.32 Å². The van der Waals surface area contributed by atoms with Gasteiger partial charge in [0.2, 0.25) is 0 Å². The number of hydrogen-bond acceptors (Lipinski definition) is 5. The number of anilines is 3. The van der Waals surface area contributed by atoms with Crippen LogP contribution in [0.5, 0.6) is 0 Å². The van der Waals surface area contributed by atoms with Crippen molar-refractivity contribution >= 4 is 39.6 Å². The molecular weight excluding hydrogens is 310 g/mol. The molecule has 0 spiro atoms. The molecule has 1 aromatic heterocycles. The lowest BCUT2D eigenvalue weighted by molar-refractivity contribution is 0.251. The normalized spacial score (nSPS) is 16.5. The van der Waals surface area contributed by atoms with Gasteiger partial charge in [0.15, 0.2) is 0 Å².